The van der Waals surface area contributed by atoms with Gasteiger partial charge in [-0.2, -0.15) is 5.10 Å². The van der Waals surface area contributed by atoms with Gasteiger partial charge in [-0.15, -0.1) is 11.3 Å². The molecule has 0 unspecified atom stereocenters. The fraction of sp³-hybridized carbons (Fsp3) is 0.300. The number of aromatic amines is 1. The minimum atomic E-state index is 0.968. The number of nitrogens with one attached hydrogen (secondary N) is 2. The Morgan fingerprint density at radius 1 is 1.53 bits per heavy atom. The summed E-state index contributed by atoms with van der Waals surface area (Å²) in [6.07, 6.45) is 0.982. The first-order valence-corrected chi connectivity index (χ1v) is 6.35. The molecule has 3 nitrogen and oxygen atoms in total. The molecular weight excluding hydrogens is 274 g/mol. The van der Waals surface area contributed by atoms with Gasteiger partial charge in [0, 0.05) is 18.7 Å². The van der Waals surface area contributed by atoms with Crippen molar-refractivity contribution in [3.8, 4) is 10.6 Å². The number of thiophene rings is 1. The van der Waals surface area contributed by atoms with Gasteiger partial charge in [0.25, 0.3) is 0 Å². The van der Waals surface area contributed by atoms with E-state index < -0.39 is 0 Å². The number of likely N-dealkylation sites (N-methyl/N-ethyl adjacent to an activating group) is 1. The predicted molar refractivity (Wildman–Crippen MR) is 67.2 cm³/mol. The van der Waals surface area contributed by atoms with E-state index in [1.54, 1.807) is 11.3 Å². The van der Waals surface area contributed by atoms with Crippen LogP contribution in [0, 0.1) is 0 Å². The number of nitrogens with zero attached hydrogens (tertiary/aromatic N) is 1. The Morgan fingerprint density at radius 2 is 2.40 bits per heavy atom. The van der Waals surface area contributed by atoms with Crippen LogP contribution in [0.3, 0.4) is 0 Å². The molecular formula is C10H12BrN3S. The summed E-state index contributed by atoms with van der Waals surface area (Å²) >= 11 is 5.15. The van der Waals surface area contributed by atoms with E-state index in [4.69, 9.17) is 0 Å². The molecule has 15 heavy (non-hydrogen) atoms. The SMILES string of the molecule is CNCCc1cc(-c2ccc(Br)s2)n[nH]1. The summed E-state index contributed by atoms with van der Waals surface area (Å²) in [6.45, 7) is 0.968. The molecule has 2 heterocycles. The molecule has 0 saturated carbocycles. The second-order valence-corrected chi connectivity index (χ2v) is 5.70. The molecule has 0 aliphatic carbocycles. The summed E-state index contributed by atoms with van der Waals surface area (Å²) in [7, 11) is 1.95. The molecule has 0 saturated heterocycles. The van der Waals surface area contributed by atoms with Gasteiger partial charge in [-0.1, -0.05) is 0 Å². The van der Waals surface area contributed by atoms with Gasteiger partial charge in [-0.25, -0.2) is 0 Å². The van der Waals surface area contributed by atoms with E-state index in [2.05, 4.69) is 43.6 Å². The molecule has 2 aromatic rings. The van der Waals surface area contributed by atoms with Crippen molar-refractivity contribution in [2.45, 2.75) is 6.42 Å². The molecule has 0 amide bonds. The van der Waals surface area contributed by atoms with Gasteiger partial charge in [0.05, 0.1) is 8.66 Å². The third-order valence-electron chi connectivity index (χ3n) is 2.10. The van der Waals surface area contributed by atoms with Crippen LogP contribution in [0.25, 0.3) is 10.6 Å². The number of rotatable bonds is 4. The predicted octanol–water partition coefficient (Wildman–Crippen LogP) is 2.66. The highest BCUT2D eigenvalue weighted by atomic mass is 79.9. The van der Waals surface area contributed by atoms with Crippen LogP contribution in [0.1, 0.15) is 5.69 Å². The fourth-order valence-electron chi connectivity index (χ4n) is 1.33. The van der Waals surface area contributed by atoms with Crippen LogP contribution in [0.15, 0.2) is 22.0 Å². The average molecular weight is 286 g/mol. The quantitative estimate of drug-likeness (QED) is 0.907. The first-order chi connectivity index (χ1) is 7.29. The Kier molecular flexibility index (Phi) is 3.56. The van der Waals surface area contributed by atoms with E-state index >= 15 is 0 Å². The van der Waals surface area contributed by atoms with Gasteiger partial charge in [-0.3, -0.25) is 5.10 Å². The first-order valence-electron chi connectivity index (χ1n) is 4.74. The summed E-state index contributed by atoms with van der Waals surface area (Å²) in [4.78, 5) is 1.19. The molecule has 0 aromatic carbocycles. The van der Waals surface area contributed by atoms with Gasteiger partial charge in [0.15, 0.2) is 0 Å². The molecule has 0 radical (unpaired) electrons. The molecule has 2 rings (SSSR count). The van der Waals surface area contributed by atoms with Crippen molar-refractivity contribution in [2.75, 3.05) is 13.6 Å². The van der Waals surface area contributed by atoms with E-state index in [0.717, 1.165) is 22.4 Å². The van der Waals surface area contributed by atoms with Crippen molar-refractivity contribution in [1.29, 1.82) is 0 Å². The molecule has 2 N–H and O–H groups in total. The van der Waals surface area contributed by atoms with Gasteiger partial charge in [0.2, 0.25) is 0 Å². The van der Waals surface area contributed by atoms with Crippen molar-refractivity contribution in [2.24, 2.45) is 0 Å². The summed E-state index contributed by atoms with van der Waals surface area (Å²) in [5.74, 6) is 0. The fourth-order valence-corrected chi connectivity index (χ4v) is 2.67. The normalized spacial score (nSPS) is 10.8. The maximum absolute atomic E-state index is 4.29. The summed E-state index contributed by atoms with van der Waals surface area (Å²) in [5.41, 5.74) is 2.20. The molecule has 0 atom stereocenters. The minimum absolute atomic E-state index is 0.968. The van der Waals surface area contributed by atoms with E-state index in [-0.39, 0.29) is 0 Å². The van der Waals surface area contributed by atoms with Crippen LogP contribution >= 0.6 is 27.3 Å². The molecule has 80 valence electrons. The Balaban J connectivity index is 2.13. The number of H-pyrrole nitrogens is 1. The molecule has 0 aliphatic rings. The number of halogens is 1. The molecule has 0 bridgehead atoms. The maximum Gasteiger partial charge on any atom is 0.102 e. The number of hydrogen-bond acceptors (Lipinski definition) is 3. The lowest BCUT2D eigenvalue weighted by Gasteiger charge is -1.93. The van der Waals surface area contributed by atoms with Crippen LogP contribution in [0.2, 0.25) is 0 Å². The molecule has 0 spiro atoms. The standard InChI is InChI=1S/C10H12BrN3S/c1-12-5-4-7-6-8(14-13-7)9-2-3-10(11)15-9/h2-3,6,12H,4-5H2,1H3,(H,13,14). The van der Waals surface area contributed by atoms with Gasteiger partial charge in [0.1, 0.15) is 5.69 Å². The van der Waals surface area contributed by atoms with Crippen molar-refractivity contribution in [3.63, 3.8) is 0 Å². The summed E-state index contributed by atoms with van der Waals surface area (Å²) < 4.78 is 1.14. The largest absolute Gasteiger partial charge is 0.319 e. The smallest absolute Gasteiger partial charge is 0.102 e. The Morgan fingerprint density at radius 3 is 3.07 bits per heavy atom. The molecule has 0 fully saturated rings. The lowest BCUT2D eigenvalue weighted by molar-refractivity contribution is 0.772. The average Bonchev–Trinajstić information content (AvgIpc) is 2.83. The number of hydrogen-bond donors (Lipinski definition) is 2. The van der Waals surface area contributed by atoms with Crippen molar-refractivity contribution in [1.82, 2.24) is 15.5 Å². The topological polar surface area (TPSA) is 40.7 Å². The van der Waals surface area contributed by atoms with E-state index in [1.165, 1.54) is 10.6 Å². The lowest BCUT2D eigenvalue weighted by atomic mass is 10.2. The van der Waals surface area contributed by atoms with Gasteiger partial charge >= 0.3 is 0 Å². The third kappa shape index (κ3) is 2.68. The van der Waals surface area contributed by atoms with Crippen LogP contribution in [0.5, 0.6) is 0 Å². The summed E-state index contributed by atoms with van der Waals surface area (Å²) in [5, 5.41) is 10.5. The second kappa shape index (κ2) is 4.92. The number of aromatic nitrogens is 2. The molecule has 5 heteroatoms. The van der Waals surface area contributed by atoms with E-state index in [0.29, 0.717) is 0 Å². The van der Waals surface area contributed by atoms with E-state index in [1.807, 2.05) is 13.1 Å². The summed E-state index contributed by atoms with van der Waals surface area (Å²) in [6, 6.07) is 6.23. The van der Waals surface area contributed by atoms with Crippen molar-refractivity contribution >= 4 is 27.3 Å². The Labute approximate surface area is 101 Å². The van der Waals surface area contributed by atoms with Crippen LogP contribution in [-0.4, -0.2) is 23.8 Å². The minimum Gasteiger partial charge on any atom is -0.319 e. The Bertz CT molecular complexity index is 435. The van der Waals surface area contributed by atoms with Crippen LogP contribution in [-0.2, 0) is 6.42 Å². The highest BCUT2D eigenvalue weighted by Crippen LogP contribution is 2.30. The highest BCUT2D eigenvalue weighted by Gasteiger charge is 2.05. The lowest BCUT2D eigenvalue weighted by Crippen LogP contribution is -2.10. The second-order valence-electron chi connectivity index (χ2n) is 3.24. The van der Waals surface area contributed by atoms with Crippen molar-refractivity contribution < 1.29 is 0 Å². The highest BCUT2D eigenvalue weighted by molar-refractivity contribution is 9.11. The Hall–Kier alpha value is -0.650. The monoisotopic (exact) mass is 285 g/mol. The van der Waals surface area contributed by atoms with Gasteiger partial charge in [-0.05, 0) is 41.2 Å². The molecule has 0 aliphatic heterocycles. The van der Waals surface area contributed by atoms with Gasteiger partial charge < -0.3 is 5.32 Å². The van der Waals surface area contributed by atoms with Crippen LogP contribution < -0.4 is 5.32 Å². The van der Waals surface area contributed by atoms with Crippen molar-refractivity contribution in [3.05, 3.63) is 27.7 Å². The molecule has 2 aromatic heterocycles. The third-order valence-corrected chi connectivity index (χ3v) is 3.75. The van der Waals surface area contributed by atoms with Crippen LogP contribution in [0.4, 0.5) is 0 Å². The zero-order valence-corrected chi connectivity index (χ0v) is 10.8. The zero-order valence-electron chi connectivity index (χ0n) is 8.38. The first kappa shape index (κ1) is 10.9. The zero-order chi connectivity index (χ0) is 10.7. The van der Waals surface area contributed by atoms with E-state index in [9.17, 15) is 0 Å². The maximum atomic E-state index is 4.29.